The van der Waals surface area contributed by atoms with Crippen molar-refractivity contribution in [3.63, 3.8) is 0 Å². The summed E-state index contributed by atoms with van der Waals surface area (Å²) in [6.07, 6.45) is 6.50. The fraction of sp³-hybridized carbons (Fsp3) is 0.619. The number of hydrogen-bond acceptors (Lipinski definition) is 6. The molecule has 0 amide bonds. The molecule has 7 nitrogen and oxygen atoms in total. The van der Waals surface area contributed by atoms with E-state index in [0.29, 0.717) is 0 Å². The van der Waals surface area contributed by atoms with Crippen LogP contribution < -0.4 is 5.32 Å². The van der Waals surface area contributed by atoms with Crippen molar-refractivity contribution in [3.05, 3.63) is 40.2 Å². The minimum atomic E-state index is 0.802. The average molecular weight is 420 g/mol. The highest BCUT2D eigenvalue weighted by atomic mass is 32.1. The fourth-order valence-corrected chi connectivity index (χ4v) is 4.03. The third-order valence-electron chi connectivity index (χ3n) is 4.92. The van der Waals surface area contributed by atoms with Crippen LogP contribution in [0.3, 0.4) is 0 Å². The molecule has 29 heavy (non-hydrogen) atoms. The monoisotopic (exact) mass is 419 g/mol. The first-order valence-corrected chi connectivity index (χ1v) is 11.3. The van der Waals surface area contributed by atoms with Gasteiger partial charge in [-0.05, 0) is 25.5 Å². The molecule has 160 valence electrons. The van der Waals surface area contributed by atoms with Crippen LogP contribution in [0.25, 0.3) is 0 Å². The van der Waals surface area contributed by atoms with Gasteiger partial charge in [0.1, 0.15) is 5.76 Å². The molecule has 1 aliphatic heterocycles. The molecule has 0 atom stereocenters. The van der Waals surface area contributed by atoms with E-state index in [1.165, 1.54) is 9.88 Å². The van der Waals surface area contributed by atoms with Crippen LogP contribution in [-0.4, -0.2) is 80.3 Å². The fourth-order valence-electron chi connectivity index (χ4n) is 3.25. The number of morpholine rings is 1. The zero-order valence-electron chi connectivity index (χ0n) is 17.6. The summed E-state index contributed by atoms with van der Waals surface area (Å²) in [5.41, 5.74) is 0. The minimum absolute atomic E-state index is 0.802. The maximum Gasteiger partial charge on any atom is 0.193 e. The molecule has 0 radical (unpaired) electrons. The topological polar surface area (TPSA) is 66.1 Å². The van der Waals surface area contributed by atoms with E-state index in [4.69, 9.17) is 14.1 Å². The van der Waals surface area contributed by atoms with E-state index in [0.717, 1.165) is 83.5 Å². The van der Waals surface area contributed by atoms with Crippen molar-refractivity contribution in [1.82, 2.24) is 20.1 Å². The number of nitrogens with one attached hydrogen (secondary N) is 1. The van der Waals surface area contributed by atoms with Gasteiger partial charge in [-0.3, -0.25) is 9.89 Å². The number of likely N-dealkylation sites (N-methyl/N-ethyl adjacent to an activating group) is 1. The molecule has 2 aromatic rings. The summed E-state index contributed by atoms with van der Waals surface area (Å²) < 4.78 is 10.9. The highest BCUT2D eigenvalue weighted by Crippen LogP contribution is 2.12. The van der Waals surface area contributed by atoms with Gasteiger partial charge in [-0.25, -0.2) is 4.98 Å². The summed E-state index contributed by atoms with van der Waals surface area (Å²) in [6, 6.07) is 3.94. The van der Waals surface area contributed by atoms with Crippen LogP contribution in [0.4, 0.5) is 0 Å². The Labute approximate surface area is 177 Å². The van der Waals surface area contributed by atoms with Crippen molar-refractivity contribution in [2.24, 2.45) is 4.99 Å². The van der Waals surface area contributed by atoms with Crippen molar-refractivity contribution in [2.75, 3.05) is 59.5 Å². The Balaban J connectivity index is 1.47. The number of ether oxygens (including phenoxy) is 1. The van der Waals surface area contributed by atoms with Gasteiger partial charge in [-0.15, -0.1) is 11.3 Å². The highest BCUT2D eigenvalue weighted by molar-refractivity contribution is 7.11. The summed E-state index contributed by atoms with van der Waals surface area (Å²) >= 11 is 1.77. The largest absolute Gasteiger partial charge is 0.469 e. The van der Waals surface area contributed by atoms with E-state index in [1.54, 1.807) is 17.6 Å². The second kappa shape index (κ2) is 11.9. The van der Waals surface area contributed by atoms with Crippen LogP contribution in [0, 0.1) is 6.92 Å². The Morgan fingerprint density at radius 3 is 2.93 bits per heavy atom. The van der Waals surface area contributed by atoms with Gasteiger partial charge in [0.15, 0.2) is 5.96 Å². The lowest BCUT2D eigenvalue weighted by atomic mass is 10.3. The van der Waals surface area contributed by atoms with Gasteiger partial charge in [0.05, 0.1) is 24.5 Å². The van der Waals surface area contributed by atoms with Gasteiger partial charge in [-0.2, -0.15) is 0 Å². The summed E-state index contributed by atoms with van der Waals surface area (Å²) in [5, 5.41) is 4.68. The van der Waals surface area contributed by atoms with Crippen LogP contribution in [-0.2, 0) is 17.6 Å². The SMILES string of the molecule is Cc1cnc(CCN(C)C(=NCCCN2CCOCC2)NCCc2ccco2)s1. The van der Waals surface area contributed by atoms with Crippen LogP contribution in [0.1, 0.15) is 22.1 Å². The molecule has 0 aromatic carbocycles. The quantitative estimate of drug-likeness (QED) is 0.362. The third-order valence-corrected chi connectivity index (χ3v) is 5.90. The smallest absolute Gasteiger partial charge is 0.193 e. The third kappa shape index (κ3) is 7.79. The van der Waals surface area contributed by atoms with E-state index in [1.807, 2.05) is 18.3 Å². The number of nitrogens with zero attached hydrogens (tertiary/aromatic N) is 4. The Morgan fingerprint density at radius 2 is 2.21 bits per heavy atom. The van der Waals surface area contributed by atoms with Crippen molar-refractivity contribution in [2.45, 2.75) is 26.2 Å². The molecule has 1 saturated heterocycles. The average Bonchev–Trinajstić information content (AvgIpc) is 3.40. The van der Waals surface area contributed by atoms with Crippen molar-refractivity contribution >= 4 is 17.3 Å². The molecule has 0 saturated carbocycles. The summed E-state index contributed by atoms with van der Waals surface area (Å²) in [6.45, 7) is 9.46. The molecule has 0 spiro atoms. The number of aryl methyl sites for hydroxylation is 1. The van der Waals surface area contributed by atoms with Gasteiger partial charge < -0.3 is 19.4 Å². The Kier molecular flexibility index (Phi) is 8.98. The van der Waals surface area contributed by atoms with E-state index >= 15 is 0 Å². The highest BCUT2D eigenvalue weighted by Gasteiger charge is 2.11. The summed E-state index contributed by atoms with van der Waals surface area (Å²) in [4.78, 5) is 15.3. The second-order valence-corrected chi connectivity index (χ2v) is 8.62. The Bertz CT molecular complexity index is 725. The Morgan fingerprint density at radius 1 is 1.34 bits per heavy atom. The molecule has 8 heteroatoms. The Hall–Kier alpha value is -1.90. The molecular weight excluding hydrogens is 386 g/mol. The number of rotatable bonds is 10. The van der Waals surface area contributed by atoms with Crippen LogP contribution >= 0.6 is 11.3 Å². The van der Waals surface area contributed by atoms with Gasteiger partial charge in [0.25, 0.3) is 0 Å². The number of aliphatic imine (C=N–C) groups is 1. The number of hydrogen-bond donors (Lipinski definition) is 1. The first-order valence-electron chi connectivity index (χ1n) is 10.4. The molecule has 3 heterocycles. The molecule has 0 unspecified atom stereocenters. The van der Waals surface area contributed by atoms with Gasteiger partial charge in [-0.1, -0.05) is 0 Å². The number of guanidine groups is 1. The first kappa shape index (κ1) is 21.8. The molecule has 2 aromatic heterocycles. The lowest BCUT2D eigenvalue weighted by Crippen LogP contribution is -2.41. The standard InChI is InChI=1S/C21H33N5O2S/c1-18-17-24-20(29-18)7-11-25(2)21(23-9-6-19-5-3-14-28-19)22-8-4-10-26-12-15-27-16-13-26/h3,5,14,17H,4,6-13,15-16H2,1-2H3,(H,22,23). The van der Waals surface area contributed by atoms with Gasteiger partial charge in [0, 0.05) is 70.2 Å². The molecule has 1 aliphatic rings. The lowest BCUT2D eigenvalue weighted by molar-refractivity contribution is 0.0377. The first-order chi connectivity index (χ1) is 14.2. The lowest BCUT2D eigenvalue weighted by Gasteiger charge is -2.26. The molecule has 0 bridgehead atoms. The minimum Gasteiger partial charge on any atom is -0.469 e. The van der Waals surface area contributed by atoms with Crippen LogP contribution in [0.5, 0.6) is 0 Å². The number of thiazole rings is 1. The number of furan rings is 1. The zero-order valence-corrected chi connectivity index (χ0v) is 18.4. The van der Waals surface area contributed by atoms with Crippen LogP contribution in [0.2, 0.25) is 0 Å². The molecule has 1 N–H and O–H groups in total. The van der Waals surface area contributed by atoms with Gasteiger partial charge >= 0.3 is 0 Å². The molecule has 3 rings (SSSR count). The predicted octanol–water partition coefficient (Wildman–Crippen LogP) is 2.43. The maximum atomic E-state index is 5.43. The van der Waals surface area contributed by atoms with E-state index in [-0.39, 0.29) is 0 Å². The number of aromatic nitrogens is 1. The van der Waals surface area contributed by atoms with E-state index < -0.39 is 0 Å². The molecule has 1 fully saturated rings. The zero-order chi connectivity index (χ0) is 20.3. The van der Waals surface area contributed by atoms with Crippen LogP contribution in [0.15, 0.2) is 34.0 Å². The normalized spacial score (nSPS) is 15.6. The van der Waals surface area contributed by atoms with Crippen molar-refractivity contribution < 1.29 is 9.15 Å². The predicted molar refractivity (Wildman–Crippen MR) is 118 cm³/mol. The van der Waals surface area contributed by atoms with Crippen molar-refractivity contribution in [1.29, 1.82) is 0 Å². The van der Waals surface area contributed by atoms with E-state index in [9.17, 15) is 0 Å². The second-order valence-electron chi connectivity index (χ2n) is 7.31. The van der Waals surface area contributed by atoms with Gasteiger partial charge in [0.2, 0.25) is 0 Å². The molecule has 0 aliphatic carbocycles. The summed E-state index contributed by atoms with van der Waals surface area (Å²) in [5.74, 6) is 1.94. The molecular formula is C21H33N5O2S. The van der Waals surface area contributed by atoms with E-state index in [2.05, 4.69) is 34.1 Å². The maximum absolute atomic E-state index is 5.43. The van der Waals surface area contributed by atoms with Crippen molar-refractivity contribution in [3.8, 4) is 0 Å². The summed E-state index contributed by atoms with van der Waals surface area (Å²) in [7, 11) is 2.10.